The lowest BCUT2D eigenvalue weighted by Gasteiger charge is -2.29. The third kappa shape index (κ3) is 7.39. The molecule has 0 heterocycles. The zero-order valence-corrected chi connectivity index (χ0v) is 19.0. The van der Waals surface area contributed by atoms with E-state index in [0.29, 0.717) is 18.2 Å². The van der Waals surface area contributed by atoms with Crippen LogP contribution in [0.4, 0.5) is 4.39 Å². The van der Waals surface area contributed by atoms with Crippen molar-refractivity contribution in [2.75, 3.05) is 13.2 Å². The first kappa shape index (κ1) is 24.4. The van der Waals surface area contributed by atoms with E-state index in [4.69, 9.17) is 4.74 Å². The van der Waals surface area contributed by atoms with Gasteiger partial charge >= 0.3 is 0 Å². The average molecular weight is 429 g/mol. The summed E-state index contributed by atoms with van der Waals surface area (Å²) in [6.45, 7) is 10.4. The van der Waals surface area contributed by atoms with Crippen LogP contribution < -0.4 is 10.1 Å². The van der Waals surface area contributed by atoms with Gasteiger partial charge in [-0.05, 0) is 48.1 Å². The molecule has 5 nitrogen and oxygen atoms in total. The number of halogens is 1. The van der Waals surface area contributed by atoms with Crippen LogP contribution in [-0.4, -0.2) is 35.9 Å². The second-order valence-corrected chi connectivity index (χ2v) is 8.44. The second-order valence-electron chi connectivity index (χ2n) is 8.44. The molecule has 0 radical (unpaired) electrons. The first-order valence-electron chi connectivity index (χ1n) is 10.7. The monoisotopic (exact) mass is 428 g/mol. The molecule has 6 heteroatoms. The van der Waals surface area contributed by atoms with Crippen molar-refractivity contribution >= 4 is 11.8 Å². The number of ether oxygens (including phenoxy) is 1. The molecule has 2 rings (SSSR count). The van der Waals surface area contributed by atoms with Crippen molar-refractivity contribution in [3.63, 3.8) is 0 Å². The van der Waals surface area contributed by atoms with Gasteiger partial charge in [-0.3, -0.25) is 9.59 Å². The Morgan fingerprint density at radius 3 is 2.26 bits per heavy atom. The lowest BCUT2D eigenvalue weighted by atomic mass is 10.0. The van der Waals surface area contributed by atoms with E-state index >= 15 is 0 Å². The van der Waals surface area contributed by atoms with Gasteiger partial charge < -0.3 is 15.0 Å². The van der Waals surface area contributed by atoms with E-state index in [1.54, 1.807) is 19.1 Å². The minimum Gasteiger partial charge on any atom is -0.483 e. The third-order valence-electron chi connectivity index (χ3n) is 5.01. The van der Waals surface area contributed by atoms with Gasteiger partial charge in [0.15, 0.2) is 6.61 Å². The van der Waals surface area contributed by atoms with E-state index < -0.39 is 6.04 Å². The molecule has 2 aromatic rings. The molecule has 1 atom stereocenters. The molecule has 1 N–H and O–H groups in total. The van der Waals surface area contributed by atoms with Crippen molar-refractivity contribution < 1.29 is 18.7 Å². The van der Waals surface area contributed by atoms with E-state index in [9.17, 15) is 14.0 Å². The maximum atomic E-state index is 13.3. The lowest BCUT2D eigenvalue weighted by molar-refractivity contribution is -0.142. The number of nitrogens with one attached hydrogen (secondary N) is 1. The van der Waals surface area contributed by atoms with Gasteiger partial charge in [-0.15, -0.1) is 0 Å². The summed E-state index contributed by atoms with van der Waals surface area (Å²) in [5.74, 6) is 0.319. The summed E-state index contributed by atoms with van der Waals surface area (Å²) in [6, 6.07) is 12.8. The molecule has 0 saturated carbocycles. The van der Waals surface area contributed by atoms with Crippen molar-refractivity contribution in [2.45, 2.75) is 53.1 Å². The van der Waals surface area contributed by atoms with E-state index in [0.717, 1.165) is 11.1 Å². The topological polar surface area (TPSA) is 58.6 Å². The fourth-order valence-corrected chi connectivity index (χ4v) is 3.13. The lowest BCUT2D eigenvalue weighted by Crippen LogP contribution is -2.49. The smallest absolute Gasteiger partial charge is 0.261 e. The average Bonchev–Trinajstić information content (AvgIpc) is 2.75. The normalized spacial score (nSPS) is 12.0. The highest BCUT2D eigenvalue weighted by Crippen LogP contribution is 2.26. The predicted molar refractivity (Wildman–Crippen MR) is 120 cm³/mol. The summed E-state index contributed by atoms with van der Waals surface area (Å²) in [5, 5.41) is 2.88. The Labute approximate surface area is 184 Å². The minimum atomic E-state index is -0.694. The Morgan fingerprint density at radius 1 is 1.00 bits per heavy atom. The summed E-state index contributed by atoms with van der Waals surface area (Å²) in [5.41, 5.74) is 1.75. The molecular weight excluding hydrogens is 395 g/mol. The van der Waals surface area contributed by atoms with Crippen molar-refractivity contribution in [1.82, 2.24) is 10.2 Å². The summed E-state index contributed by atoms with van der Waals surface area (Å²) in [7, 11) is 0. The van der Waals surface area contributed by atoms with Gasteiger partial charge in [-0.1, -0.05) is 58.0 Å². The van der Waals surface area contributed by atoms with Crippen LogP contribution in [0.1, 0.15) is 51.7 Å². The molecule has 0 unspecified atom stereocenters. The van der Waals surface area contributed by atoms with Gasteiger partial charge in [-0.2, -0.15) is 0 Å². The zero-order chi connectivity index (χ0) is 23.0. The quantitative estimate of drug-likeness (QED) is 0.605. The fourth-order valence-electron chi connectivity index (χ4n) is 3.13. The Kier molecular flexibility index (Phi) is 9.03. The first-order valence-corrected chi connectivity index (χ1v) is 10.7. The highest BCUT2D eigenvalue weighted by molar-refractivity contribution is 5.88. The van der Waals surface area contributed by atoms with E-state index in [1.165, 1.54) is 17.0 Å². The minimum absolute atomic E-state index is 0.185. The van der Waals surface area contributed by atoms with Crippen LogP contribution in [0.15, 0.2) is 48.5 Å². The number of para-hydroxylation sites is 1. The van der Waals surface area contributed by atoms with Gasteiger partial charge in [0, 0.05) is 13.1 Å². The first-order chi connectivity index (χ1) is 14.7. The molecule has 168 valence electrons. The van der Waals surface area contributed by atoms with Gasteiger partial charge in [0.25, 0.3) is 5.91 Å². The Balaban J connectivity index is 2.17. The van der Waals surface area contributed by atoms with Crippen LogP contribution >= 0.6 is 0 Å². The van der Waals surface area contributed by atoms with Crippen LogP contribution in [0.25, 0.3) is 0 Å². The highest BCUT2D eigenvalue weighted by Gasteiger charge is 2.26. The van der Waals surface area contributed by atoms with Crippen molar-refractivity contribution in [3.05, 3.63) is 65.5 Å². The predicted octanol–water partition coefficient (Wildman–Crippen LogP) is 4.52. The van der Waals surface area contributed by atoms with Crippen LogP contribution in [0.2, 0.25) is 0 Å². The van der Waals surface area contributed by atoms with Gasteiger partial charge in [0.2, 0.25) is 5.91 Å². The summed E-state index contributed by atoms with van der Waals surface area (Å²) in [4.78, 5) is 27.2. The number of hydrogen-bond acceptors (Lipinski definition) is 3. The Hall–Kier alpha value is -2.89. The summed E-state index contributed by atoms with van der Waals surface area (Å²) < 4.78 is 19.1. The number of benzene rings is 2. The van der Waals surface area contributed by atoms with Crippen molar-refractivity contribution in [3.8, 4) is 5.75 Å². The molecule has 0 spiro atoms. The van der Waals surface area contributed by atoms with Gasteiger partial charge in [0.1, 0.15) is 17.6 Å². The fraction of sp³-hybridized carbons (Fsp3) is 0.440. The molecular formula is C25H33FN2O3. The van der Waals surface area contributed by atoms with Gasteiger partial charge in [-0.25, -0.2) is 4.39 Å². The van der Waals surface area contributed by atoms with Crippen LogP contribution in [-0.2, 0) is 16.1 Å². The number of carbonyl (C=O) groups excluding carboxylic acids is 2. The molecule has 0 aliphatic carbocycles. The van der Waals surface area contributed by atoms with Gasteiger partial charge in [0.05, 0.1) is 0 Å². The van der Waals surface area contributed by atoms with E-state index in [-0.39, 0.29) is 36.7 Å². The summed E-state index contributed by atoms with van der Waals surface area (Å²) in [6.07, 6.45) is 0. The maximum absolute atomic E-state index is 13.3. The second kappa shape index (κ2) is 11.5. The summed E-state index contributed by atoms with van der Waals surface area (Å²) >= 11 is 0. The molecule has 0 aromatic heterocycles. The zero-order valence-electron chi connectivity index (χ0n) is 19.0. The molecule has 0 aliphatic rings. The number of amides is 2. The van der Waals surface area contributed by atoms with E-state index in [1.807, 2.05) is 38.1 Å². The molecule has 0 fully saturated rings. The molecule has 0 aliphatic heterocycles. The van der Waals surface area contributed by atoms with Crippen LogP contribution in [0.5, 0.6) is 5.75 Å². The number of hydrogen-bond donors (Lipinski definition) is 1. The molecule has 31 heavy (non-hydrogen) atoms. The third-order valence-corrected chi connectivity index (χ3v) is 5.01. The Bertz CT molecular complexity index is 865. The maximum Gasteiger partial charge on any atom is 0.261 e. The SMILES string of the molecule is CC(C)CNC(=O)[C@@H](C)N(Cc1ccc(F)cc1)C(=O)COc1ccccc1C(C)C. The largest absolute Gasteiger partial charge is 0.483 e. The highest BCUT2D eigenvalue weighted by atomic mass is 19.1. The standard InChI is InChI=1S/C25H33FN2O3/c1-17(2)14-27-25(30)19(5)28(15-20-10-12-21(26)13-11-20)24(29)16-31-23-9-7-6-8-22(23)18(3)4/h6-13,17-19H,14-16H2,1-5H3,(H,27,30)/t19-/m1/s1. The van der Waals surface area contributed by atoms with Crippen molar-refractivity contribution in [1.29, 1.82) is 0 Å². The molecule has 0 bridgehead atoms. The number of nitrogens with zero attached hydrogens (tertiary/aromatic N) is 1. The van der Waals surface area contributed by atoms with Crippen LogP contribution in [0, 0.1) is 11.7 Å². The molecule has 2 aromatic carbocycles. The molecule has 2 amide bonds. The molecule has 0 saturated heterocycles. The van der Waals surface area contributed by atoms with E-state index in [2.05, 4.69) is 19.2 Å². The van der Waals surface area contributed by atoms with Crippen LogP contribution in [0.3, 0.4) is 0 Å². The Morgan fingerprint density at radius 2 is 1.65 bits per heavy atom. The number of carbonyl (C=O) groups is 2. The van der Waals surface area contributed by atoms with Crippen molar-refractivity contribution in [2.24, 2.45) is 5.92 Å². The number of rotatable bonds is 10.